The smallest absolute Gasteiger partial charge is 0.257 e. The summed E-state index contributed by atoms with van der Waals surface area (Å²) in [7, 11) is 1.52. The van der Waals surface area contributed by atoms with Gasteiger partial charge in [0.2, 0.25) is 0 Å². The molecule has 6 heteroatoms. The van der Waals surface area contributed by atoms with E-state index < -0.39 is 0 Å². The van der Waals surface area contributed by atoms with Gasteiger partial charge in [0.1, 0.15) is 11.5 Å². The molecule has 0 aliphatic carbocycles. The van der Waals surface area contributed by atoms with Gasteiger partial charge in [-0.1, -0.05) is 18.2 Å². The molecule has 1 aromatic heterocycles. The van der Waals surface area contributed by atoms with Crippen LogP contribution in [0.2, 0.25) is 0 Å². The number of aromatic nitrogens is 1. The number of rotatable bonds is 8. The number of methoxy groups -OCH3 is 1. The van der Waals surface area contributed by atoms with Crippen LogP contribution in [0.5, 0.6) is 11.5 Å². The second-order valence-electron chi connectivity index (χ2n) is 5.77. The predicted octanol–water partition coefficient (Wildman–Crippen LogP) is 2.73. The van der Waals surface area contributed by atoms with Crippen molar-refractivity contribution in [3.63, 3.8) is 0 Å². The maximum absolute atomic E-state index is 12.0. The van der Waals surface area contributed by atoms with Gasteiger partial charge in [0.25, 0.3) is 5.91 Å². The normalized spacial score (nSPS) is 10.5. The topological polar surface area (TPSA) is 80.4 Å². The van der Waals surface area contributed by atoms with Gasteiger partial charge in [-0.3, -0.25) is 9.59 Å². The summed E-state index contributed by atoms with van der Waals surface area (Å²) in [6.07, 6.45) is 3.35. The third-order valence-electron chi connectivity index (χ3n) is 4.09. The fourth-order valence-electron chi connectivity index (χ4n) is 2.75. The third kappa shape index (κ3) is 4.03. The first-order chi connectivity index (χ1) is 12.7. The minimum Gasteiger partial charge on any atom is -0.497 e. The highest BCUT2D eigenvalue weighted by Gasteiger charge is 2.09. The molecule has 134 valence electrons. The molecule has 0 spiro atoms. The summed E-state index contributed by atoms with van der Waals surface area (Å²) in [6, 6.07) is 12.9. The number of carbonyl (C=O) groups is 2. The summed E-state index contributed by atoms with van der Waals surface area (Å²) in [5.74, 6) is 0.674. The van der Waals surface area contributed by atoms with Crippen LogP contribution in [0.4, 0.5) is 0 Å². The summed E-state index contributed by atoms with van der Waals surface area (Å²) in [4.78, 5) is 26.3. The molecule has 0 fully saturated rings. The van der Waals surface area contributed by atoms with Gasteiger partial charge in [0.15, 0.2) is 12.9 Å². The molecule has 0 atom stereocenters. The van der Waals surface area contributed by atoms with Crippen molar-refractivity contribution < 1.29 is 19.1 Å². The average Bonchev–Trinajstić information content (AvgIpc) is 3.09. The van der Waals surface area contributed by atoms with E-state index in [1.54, 1.807) is 18.2 Å². The van der Waals surface area contributed by atoms with Crippen LogP contribution in [0.25, 0.3) is 10.9 Å². The highest BCUT2D eigenvalue weighted by molar-refractivity contribution is 5.83. The van der Waals surface area contributed by atoms with E-state index in [9.17, 15) is 9.59 Å². The number of ether oxygens (including phenoxy) is 2. The molecule has 0 radical (unpaired) electrons. The van der Waals surface area contributed by atoms with E-state index in [0.29, 0.717) is 29.9 Å². The fraction of sp³-hybridized carbons (Fsp3) is 0.200. The van der Waals surface area contributed by atoms with E-state index in [4.69, 9.17) is 9.47 Å². The Morgan fingerprint density at radius 3 is 2.88 bits per heavy atom. The first-order valence-electron chi connectivity index (χ1n) is 8.29. The quantitative estimate of drug-likeness (QED) is 0.611. The lowest BCUT2D eigenvalue weighted by molar-refractivity contribution is -0.123. The predicted molar refractivity (Wildman–Crippen MR) is 98.9 cm³/mol. The van der Waals surface area contributed by atoms with Gasteiger partial charge in [-0.25, -0.2) is 0 Å². The summed E-state index contributed by atoms with van der Waals surface area (Å²) in [5.41, 5.74) is 2.58. The van der Waals surface area contributed by atoms with Crippen molar-refractivity contribution in [3.05, 3.63) is 59.8 Å². The van der Waals surface area contributed by atoms with Gasteiger partial charge >= 0.3 is 0 Å². The molecule has 0 bridgehead atoms. The highest BCUT2D eigenvalue weighted by atomic mass is 16.5. The molecule has 2 aromatic carbocycles. The van der Waals surface area contributed by atoms with Crippen molar-refractivity contribution >= 4 is 23.1 Å². The SMILES string of the molecule is COc1ccc(OCC(=O)NCCc2c[nH]c3ccccc23)c(C=O)c1. The van der Waals surface area contributed by atoms with E-state index >= 15 is 0 Å². The molecule has 6 nitrogen and oxygen atoms in total. The van der Waals surface area contributed by atoms with Crippen LogP contribution in [0.1, 0.15) is 15.9 Å². The van der Waals surface area contributed by atoms with Crippen LogP contribution in [-0.2, 0) is 11.2 Å². The molecule has 0 unspecified atom stereocenters. The Morgan fingerprint density at radius 1 is 1.23 bits per heavy atom. The van der Waals surface area contributed by atoms with Gasteiger partial charge in [0.05, 0.1) is 12.7 Å². The zero-order valence-corrected chi connectivity index (χ0v) is 14.5. The van der Waals surface area contributed by atoms with Crippen LogP contribution in [0.15, 0.2) is 48.7 Å². The molecular formula is C20H20N2O4. The lowest BCUT2D eigenvalue weighted by Crippen LogP contribution is -2.30. The van der Waals surface area contributed by atoms with Crippen molar-refractivity contribution in [1.29, 1.82) is 0 Å². The number of H-pyrrole nitrogens is 1. The number of hydrogen-bond acceptors (Lipinski definition) is 4. The van der Waals surface area contributed by atoms with Crippen LogP contribution >= 0.6 is 0 Å². The Hall–Kier alpha value is -3.28. The largest absolute Gasteiger partial charge is 0.497 e. The van der Waals surface area contributed by atoms with Gasteiger partial charge in [-0.2, -0.15) is 0 Å². The standard InChI is InChI=1S/C20H20N2O4/c1-25-16-6-7-19(15(10-16)12-23)26-13-20(24)21-9-8-14-11-22-18-5-3-2-4-17(14)18/h2-7,10-12,22H,8-9,13H2,1H3,(H,21,24). The van der Waals surface area contributed by atoms with Gasteiger partial charge in [-0.05, 0) is 36.2 Å². The maximum atomic E-state index is 12.0. The molecule has 0 aliphatic rings. The highest BCUT2D eigenvalue weighted by Crippen LogP contribution is 2.22. The van der Waals surface area contributed by atoms with E-state index in [1.165, 1.54) is 7.11 Å². The van der Waals surface area contributed by atoms with Crippen molar-refractivity contribution in [2.75, 3.05) is 20.3 Å². The number of para-hydroxylation sites is 1. The van der Waals surface area contributed by atoms with Crippen LogP contribution in [-0.4, -0.2) is 37.4 Å². The summed E-state index contributed by atoms with van der Waals surface area (Å²) < 4.78 is 10.5. The lowest BCUT2D eigenvalue weighted by Gasteiger charge is -2.10. The summed E-state index contributed by atoms with van der Waals surface area (Å²) in [6.45, 7) is 0.355. The van der Waals surface area contributed by atoms with Gasteiger partial charge < -0.3 is 19.8 Å². The molecular weight excluding hydrogens is 332 g/mol. The van der Waals surface area contributed by atoms with Crippen LogP contribution in [0, 0.1) is 0 Å². The second-order valence-corrected chi connectivity index (χ2v) is 5.77. The molecule has 0 saturated carbocycles. The molecule has 26 heavy (non-hydrogen) atoms. The second kappa shape index (κ2) is 8.20. The maximum Gasteiger partial charge on any atom is 0.257 e. The minimum absolute atomic E-state index is 0.152. The van der Waals surface area contributed by atoms with E-state index in [0.717, 1.165) is 22.9 Å². The number of fused-ring (bicyclic) bond motifs is 1. The third-order valence-corrected chi connectivity index (χ3v) is 4.09. The molecule has 0 aliphatic heterocycles. The Morgan fingerprint density at radius 2 is 2.08 bits per heavy atom. The molecule has 1 heterocycles. The van der Waals surface area contributed by atoms with E-state index in [2.05, 4.69) is 16.4 Å². The number of aromatic amines is 1. The Labute approximate surface area is 151 Å². The molecule has 3 aromatic rings. The zero-order valence-electron chi connectivity index (χ0n) is 14.5. The van der Waals surface area contributed by atoms with Gasteiger partial charge in [-0.15, -0.1) is 0 Å². The van der Waals surface area contributed by atoms with Crippen LogP contribution in [0.3, 0.4) is 0 Å². The van der Waals surface area contributed by atoms with E-state index in [1.807, 2.05) is 24.4 Å². The number of amides is 1. The molecule has 2 N–H and O–H groups in total. The lowest BCUT2D eigenvalue weighted by atomic mass is 10.1. The fourth-order valence-corrected chi connectivity index (χ4v) is 2.75. The number of hydrogen-bond donors (Lipinski definition) is 2. The first kappa shape index (κ1) is 17.5. The average molecular weight is 352 g/mol. The van der Waals surface area contributed by atoms with Crippen molar-refractivity contribution in [2.45, 2.75) is 6.42 Å². The summed E-state index contributed by atoms with van der Waals surface area (Å²) >= 11 is 0. The van der Waals surface area contributed by atoms with Gasteiger partial charge in [0, 0.05) is 23.6 Å². The molecule has 1 amide bonds. The summed E-state index contributed by atoms with van der Waals surface area (Å²) in [5, 5.41) is 3.98. The Bertz CT molecular complexity index is 917. The van der Waals surface area contributed by atoms with Crippen LogP contribution < -0.4 is 14.8 Å². The number of benzene rings is 2. The molecule has 0 saturated heterocycles. The number of nitrogens with one attached hydrogen (secondary N) is 2. The van der Waals surface area contributed by atoms with E-state index in [-0.39, 0.29) is 12.5 Å². The monoisotopic (exact) mass is 352 g/mol. The zero-order chi connectivity index (χ0) is 18.4. The first-order valence-corrected chi connectivity index (χ1v) is 8.29. The van der Waals surface area contributed by atoms with Crippen molar-refractivity contribution in [3.8, 4) is 11.5 Å². The van der Waals surface area contributed by atoms with Crippen molar-refractivity contribution in [2.24, 2.45) is 0 Å². The minimum atomic E-state index is -0.238. The van der Waals surface area contributed by atoms with Crippen molar-refractivity contribution in [1.82, 2.24) is 10.3 Å². The number of carbonyl (C=O) groups excluding carboxylic acids is 2. The number of aldehydes is 1. The molecule has 3 rings (SSSR count). The Kier molecular flexibility index (Phi) is 5.53. The Balaban J connectivity index is 1.49.